The Kier molecular flexibility index (Phi) is 4.02. The minimum atomic E-state index is -0.261. The van der Waals surface area contributed by atoms with E-state index in [0.717, 1.165) is 16.7 Å². The van der Waals surface area contributed by atoms with Crippen molar-refractivity contribution in [3.8, 4) is 22.6 Å². The van der Waals surface area contributed by atoms with Gasteiger partial charge in [0.2, 0.25) is 0 Å². The third-order valence-electron chi connectivity index (χ3n) is 2.95. The Bertz CT molecular complexity index is 542. The smallest absolute Gasteiger partial charge is 0.165 e. The maximum atomic E-state index is 12.9. The van der Waals surface area contributed by atoms with Crippen molar-refractivity contribution in [1.82, 2.24) is 0 Å². The fourth-order valence-electron chi connectivity index (χ4n) is 2.00. The Morgan fingerprint density at radius 3 is 2.21 bits per heavy atom. The van der Waals surface area contributed by atoms with Gasteiger partial charge in [-0.3, -0.25) is 0 Å². The Balaban J connectivity index is 2.55. The van der Waals surface area contributed by atoms with Crippen LogP contribution in [-0.4, -0.2) is 14.2 Å². The highest BCUT2D eigenvalue weighted by molar-refractivity contribution is 5.69. The topological polar surface area (TPSA) is 44.5 Å². The van der Waals surface area contributed by atoms with E-state index in [4.69, 9.17) is 15.2 Å². The van der Waals surface area contributed by atoms with E-state index in [1.54, 1.807) is 26.4 Å². The van der Waals surface area contributed by atoms with Crippen molar-refractivity contribution in [2.75, 3.05) is 14.2 Å². The summed E-state index contributed by atoms with van der Waals surface area (Å²) in [6, 6.07) is 10.1. The lowest BCUT2D eigenvalue weighted by Crippen LogP contribution is -2.02. The van der Waals surface area contributed by atoms with Crippen LogP contribution in [0.1, 0.15) is 5.56 Å². The fraction of sp³-hybridized carbons (Fsp3) is 0.200. The lowest BCUT2D eigenvalue weighted by Gasteiger charge is -2.14. The minimum Gasteiger partial charge on any atom is -0.493 e. The van der Waals surface area contributed by atoms with Gasteiger partial charge in [-0.2, -0.15) is 0 Å². The van der Waals surface area contributed by atoms with Crippen LogP contribution in [0.2, 0.25) is 0 Å². The molecule has 0 aliphatic rings. The predicted molar refractivity (Wildman–Crippen MR) is 72.8 cm³/mol. The van der Waals surface area contributed by atoms with Crippen molar-refractivity contribution in [3.63, 3.8) is 0 Å². The van der Waals surface area contributed by atoms with Crippen LogP contribution in [0.3, 0.4) is 0 Å². The van der Waals surface area contributed by atoms with E-state index in [9.17, 15) is 4.39 Å². The molecule has 0 saturated heterocycles. The summed E-state index contributed by atoms with van der Waals surface area (Å²) in [7, 11) is 3.15. The second kappa shape index (κ2) is 5.71. The minimum absolute atomic E-state index is 0.261. The zero-order valence-electron chi connectivity index (χ0n) is 10.9. The molecule has 2 aromatic rings. The molecule has 2 N–H and O–H groups in total. The van der Waals surface area contributed by atoms with Gasteiger partial charge in [0.1, 0.15) is 5.82 Å². The van der Waals surface area contributed by atoms with E-state index in [0.29, 0.717) is 18.0 Å². The number of rotatable bonds is 4. The first-order chi connectivity index (χ1) is 9.19. The van der Waals surface area contributed by atoms with Crippen LogP contribution >= 0.6 is 0 Å². The molecule has 0 spiro atoms. The fourth-order valence-corrected chi connectivity index (χ4v) is 2.00. The van der Waals surface area contributed by atoms with Gasteiger partial charge in [-0.05, 0) is 35.4 Å². The molecule has 2 rings (SSSR count). The van der Waals surface area contributed by atoms with Crippen molar-refractivity contribution in [1.29, 1.82) is 0 Å². The normalized spacial score (nSPS) is 10.3. The molecular formula is C15H16FNO2. The van der Waals surface area contributed by atoms with E-state index < -0.39 is 0 Å². The summed E-state index contributed by atoms with van der Waals surface area (Å²) >= 11 is 0. The number of halogens is 1. The van der Waals surface area contributed by atoms with E-state index in [1.165, 1.54) is 12.1 Å². The molecule has 2 aromatic carbocycles. The molecule has 3 nitrogen and oxygen atoms in total. The lowest BCUT2D eigenvalue weighted by molar-refractivity contribution is 0.352. The highest BCUT2D eigenvalue weighted by atomic mass is 19.1. The average molecular weight is 261 g/mol. The summed E-state index contributed by atoms with van der Waals surface area (Å²) in [6.07, 6.45) is 0. The quantitative estimate of drug-likeness (QED) is 0.920. The second-order valence-electron chi connectivity index (χ2n) is 4.08. The van der Waals surface area contributed by atoms with Gasteiger partial charge in [0.15, 0.2) is 11.5 Å². The molecule has 0 aliphatic carbocycles. The molecule has 0 saturated carbocycles. The van der Waals surface area contributed by atoms with Gasteiger partial charge < -0.3 is 15.2 Å². The van der Waals surface area contributed by atoms with Crippen LogP contribution in [0.25, 0.3) is 11.1 Å². The summed E-state index contributed by atoms with van der Waals surface area (Å²) in [5.74, 6) is 0.990. The van der Waals surface area contributed by atoms with Gasteiger partial charge >= 0.3 is 0 Å². The monoisotopic (exact) mass is 261 g/mol. The molecule has 0 unspecified atom stereocenters. The first-order valence-corrected chi connectivity index (χ1v) is 5.90. The molecule has 0 heterocycles. The van der Waals surface area contributed by atoms with Crippen molar-refractivity contribution < 1.29 is 13.9 Å². The highest BCUT2D eigenvalue weighted by Gasteiger charge is 2.12. The molecule has 0 fully saturated rings. The maximum Gasteiger partial charge on any atom is 0.165 e. The van der Waals surface area contributed by atoms with Crippen molar-refractivity contribution in [2.45, 2.75) is 6.54 Å². The van der Waals surface area contributed by atoms with Crippen LogP contribution in [0.5, 0.6) is 11.5 Å². The van der Waals surface area contributed by atoms with Gasteiger partial charge in [0.25, 0.3) is 0 Å². The molecule has 0 bridgehead atoms. The van der Waals surface area contributed by atoms with Crippen LogP contribution in [-0.2, 0) is 6.54 Å². The summed E-state index contributed by atoms with van der Waals surface area (Å²) in [6.45, 7) is 0.342. The maximum absolute atomic E-state index is 12.9. The molecule has 0 atom stereocenters. The summed E-state index contributed by atoms with van der Waals surface area (Å²) in [5.41, 5.74) is 8.39. The van der Waals surface area contributed by atoms with Gasteiger partial charge in [-0.25, -0.2) is 4.39 Å². The molecule has 0 amide bonds. The Hall–Kier alpha value is -2.07. The Morgan fingerprint density at radius 1 is 1.00 bits per heavy atom. The molecule has 100 valence electrons. The van der Waals surface area contributed by atoms with Crippen LogP contribution in [0.4, 0.5) is 4.39 Å². The highest BCUT2D eigenvalue weighted by Crippen LogP contribution is 2.36. The standard InChI is InChI=1S/C15H16FNO2/c1-18-14-8-11(7-12(9-17)15(14)19-2)10-3-5-13(16)6-4-10/h3-8H,9,17H2,1-2H3. The van der Waals surface area contributed by atoms with E-state index >= 15 is 0 Å². The zero-order valence-corrected chi connectivity index (χ0v) is 10.9. The SMILES string of the molecule is COc1cc(-c2ccc(F)cc2)cc(CN)c1OC. The third kappa shape index (κ3) is 2.69. The molecule has 0 aromatic heterocycles. The molecule has 4 heteroatoms. The van der Waals surface area contributed by atoms with E-state index in [-0.39, 0.29) is 5.82 Å². The molecular weight excluding hydrogens is 245 g/mol. The number of nitrogens with two attached hydrogens (primary N) is 1. The van der Waals surface area contributed by atoms with Crippen LogP contribution < -0.4 is 15.2 Å². The van der Waals surface area contributed by atoms with Crippen LogP contribution in [0.15, 0.2) is 36.4 Å². The molecule has 19 heavy (non-hydrogen) atoms. The largest absolute Gasteiger partial charge is 0.493 e. The number of hydrogen-bond donors (Lipinski definition) is 1. The van der Waals surface area contributed by atoms with Crippen molar-refractivity contribution >= 4 is 0 Å². The zero-order chi connectivity index (χ0) is 13.8. The third-order valence-corrected chi connectivity index (χ3v) is 2.95. The number of benzene rings is 2. The first kappa shape index (κ1) is 13.4. The lowest BCUT2D eigenvalue weighted by atomic mass is 10.0. The second-order valence-corrected chi connectivity index (χ2v) is 4.08. The number of ether oxygens (including phenoxy) is 2. The number of hydrogen-bond acceptors (Lipinski definition) is 3. The van der Waals surface area contributed by atoms with Gasteiger partial charge in [-0.1, -0.05) is 12.1 Å². The summed E-state index contributed by atoms with van der Waals surface area (Å²) in [5, 5.41) is 0. The van der Waals surface area contributed by atoms with Crippen molar-refractivity contribution in [3.05, 3.63) is 47.8 Å². The van der Waals surface area contributed by atoms with E-state index in [2.05, 4.69) is 0 Å². The number of methoxy groups -OCH3 is 2. The van der Waals surface area contributed by atoms with Crippen LogP contribution in [0, 0.1) is 5.82 Å². The van der Waals surface area contributed by atoms with Gasteiger partial charge in [0, 0.05) is 12.1 Å². The molecule has 0 radical (unpaired) electrons. The van der Waals surface area contributed by atoms with Crippen molar-refractivity contribution in [2.24, 2.45) is 5.73 Å². The van der Waals surface area contributed by atoms with Gasteiger partial charge in [-0.15, -0.1) is 0 Å². The average Bonchev–Trinajstić information content (AvgIpc) is 2.46. The first-order valence-electron chi connectivity index (χ1n) is 5.90. The summed E-state index contributed by atoms with van der Waals surface area (Å²) < 4.78 is 23.6. The predicted octanol–water partition coefficient (Wildman–Crippen LogP) is 2.97. The Labute approximate surface area is 111 Å². The molecule has 0 aliphatic heterocycles. The summed E-state index contributed by atoms with van der Waals surface area (Å²) in [4.78, 5) is 0. The van der Waals surface area contributed by atoms with E-state index in [1.807, 2.05) is 12.1 Å². The Morgan fingerprint density at radius 2 is 1.68 bits per heavy atom. The van der Waals surface area contributed by atoms with Gasteiger partial charge in [0.05, 0.1) is 14.2 Å².